The smallest absolute Gasteiger partial charge is 0.163 e. The molecule has 0 spiro atoms. The highest BCUT2D eigenvalue weighted by atomic mass is 35.5. The lowest BCUT2D eigenvalue weighted by Crippen LogP contribution is -2.15. The van der Waals surface area contributed by atoms with Crippen LogP contribution in [0.5, 0.6) is 11.5 Å². The largest absolute Gasteiger partial charge is 0.486 e. The van der Waals surface area contributed by atoms with Crippen molar-refractivity contribution < 1.29 is 9.47 Å². The summed E-state index contributed by atoms with van der Waals surface area (Å²) in [5.41, 5.74) is 1.81. The van der Waals surface area contributed by atoms with Gasteiger partial charge in [-0.1, -0.05) is 24.9 Å². The zero-order valence-electron chi connectivity index (χ0n) is 11.7. The maximum atomic E-state index is 6.15. The van der Waals surface area contributed by atoms with Crippen LogP contribution in [-0.4, -0.2) is 23.2 Å². The Morgan fingerprint density at radius 2 is 2.00 bits per heavy atom. The first-order valence-corrected chi connectivity index (χ1v) is 7.31. The van der Waals surface area contributed by atoms with E-state index in [0.717, 1.165) is 41.4 Å². The van der Waals surface area contributed by atoms with Gasteiger partial charge in [-0.2, -0.15) is 0 Å². The van der Waals surface area contributed by atoms with Crippen LogP contribution in [0.1, 0.15) is 18.9 Å². The van der Waals surface area contributed by atoms with Crippen molar-refractivity contribution in [1.29, 1.82) is 0 Å². The monoisotopic (exact) mass is 305 g/mol. The number of hydrogen-bond acceptors (Lipinski definition) is 5. The summed E-state index contributed by atoms with van der Waals surface area (Å²) in [7, 11) is 0. The van der Waals surface area contributed by atoms with Gasteiger partial charge in [0.2, 0.25) is 0 Å². The van der Waals surface area contributed by atoms with Crippen LogP contribution < -0.4 is 14.8 Å². The first-order chi connectivity index (χ1) is 10.3. The van der Waals surface area contributed by atoms with Crippen molar-refractivity contribution in [3.63, 3.8) is 0 Å². The molecule has 6 heteroatoms. The summed E-state index contributed by atoms with van der Waals surface area (Å²) in [6.45, 7) is 3.25. The fourth-order valence-electron chi connectivity index (χ4n) is 2.23. The van der Waals surface area contributed by atoms with Gasteiger partial charge in [-0.15, -0.1) is 0 Å². The van der Waals surface area contributed by atoms with Crippen LogP contribution in [0.2, 0.25) is 5.15 Å². The summed E-state index contributed by atoms with van der Waals surface area (Å²) in [5, 5.41) is 3.77. The topological polar surface area (TPSA) is 56.3 Å². The van der Waals surface area contributed by atoms with Crippen LogP contribution in [0, 0.1) is 0 Å². The van der Waals surface area contributed by atoms with E-state index in [1.54, 1.807) is 0 Å². The van der Waals surface area contributed by atoms with E-state index in [0.29, 0.717) is 18.4 Å². The number of anilines is 2. The number of benzene rings is 1. The molecule has 1 N–H and O–H groups in total. The summed E-state index contributed by atoms with van der Waals surface area (Å²) in [6.07, 6.45) is 3.26. The molecule has 2 aromatic rings. The lowest BCUT2D eigenvalue weighted by atomic mass is 10.2. The van der Waals surface area contributed by atoms with E-state index >= 15 is 0 Å². The molecule has 0 atom stereocenters. The summed E-state index contributed by atoms with van der Waals surface area (Å²) >= 11 is 6.15. The third-order valence-corrected chi connectivity index (χ3v) is 3.52. The molecule has 0 fully saturated rings. The first kappa shape index (κ1) is 13.9. The van der Waals surface area contributed by atoms with E-state index in [2.05, 4.69) is 22.2 Å². The Labute approximate surface area is 128 Å². The Bertz CT molecular complexity index is 649. The van der Waals surface area contributed by atoms with Gasteiger partial charge < -0.3 is 14.8 Å². The second-order valence-corrected chi connectivity index (χ2v) is 5.08. The van der Waals surface area contributed by atoms with E-state index in [4.69, 9.17) is 21.1 Å². The number of aromatic nitrogens is 2. The van der Waals surface area contributed by atoms with Crippen molar-refractivity contribution in [2.24, 2.45) is 0 Å². The van der Waals surface area contributed by atoms with Gasteiger partial charge in [-0.05, 0) is 18.6 Å². The van der Waals surface area contributed by atoms with Gasteiger partial charge in [-0.25, -0.2) is 9.97 Å². The van der Waals surface area contributed by atoms with Crippen LogP contribution in [0.15, 0.2) is 24.5 Å². The standard InChI is InChI=1S/C15H16ClN3O2/c1-2-3-11-14(16)17-9-18-15(11)19-10-4-5-12-13(8-10)21-7-6-20-12/h4-5,8-9H,2-3,6-7H2,1H3,(H,17,18,19). The quantitative estimate of drug-likeness (QED) is 0.875. The molecular weight excluding hydrogens is 290 g/mol. The van der Waals surface area contributed by atoms with Gasteiger partial charge in [0.05, 0.1) is 0 Å². The van der Waals surface area contributed by atoms with Crippen molar-refractivity contribution in [1.82, 2.24) is 9.97 Å². The van der Waals surface area contributed by atoms with Gasteiger partial charge >= 0.3 is 0 Å². The van der Waals surface area contributed by atoms with Gasteiger partial charge in [0, 0.05) is 17.3 Å². The Morgan fingerprint density at radius 1 is 1.19 bits per heavy atom. The number of rotatable bonds is 4. The van der Waals surface area contributed by atoms with Crippen LogP contribution >= 0.6 is 11.6 Å². The van der Waals surface area contributed by atoms with Crippen molar-refractivity contribution in [2.45, 2.75) is 19.8 Å². The van der Waals surface area contributed by atoms with E-state index in [1.807, 2.05) is 18.2 Å². The molecule has 0 unspecified atom stereocenters. The van der Waals surface area contributed by atoms with Crippen LogP contribution in [0.4, 0.5) is 11.5 Å². The molecule has 0 radical (unpaired) electrons. The summed E-state index contributed by atoms with van der Waals surface area (Å²) < 4.78 is 11.1. The summed E-state index contributed by atoms with van der Waals surface area (Å²) in [4.78, 5) is 8.33. The van der Waals surface area contributed by atoms with Gasteiger partial charge in [0.25, 0.3) is 0 Å². The maximum absolute atomic E-state index is 6.15. The Balaban J connectivity index is 1.88. The molecule has 21 heavy (non-hydrogen) atoms. The minimum absolute atomic E-state index is 0.492. The van der Waals surface area contributed by atoms with Crippen molar-refractivity contribution in [3.8, 4) is 11.5 Å². The van der Waals surface area contributed by atoms with Crippen molar-refractivity contribution in [3.05, 3.63) is 35.2 Å². The lowest BCUT2D eigenvalue weighted by molar-refractivity contribution is 0.171. The number of fused-ring (bicyclic) bond motifs is 1. The Kier molecular flexibility index (Phi) is 4.10. The van der Waals surface area contributed by atoms with E-state index < -0.39 is 0 Å². The highest BCUT2D eigenvalue weighted by molar-refractivity contribution is 6.30. The zero-order valence-corrected chi connectivity index (χ0v) is 12.5. The van der Waals surface area contributed by atoms with Crippen LogP contribution in [0.3, 0.4) is 0 Å². The molecule has 2 heterocycles. The number of halogens is 1. The molecular formula is C15H16ClN3O2. The second-order valence-electron chi connectivity index (χ2n) is 4.73. The molecule has 0 saturated heterocycles. The minimum Gasteiger partial charge on any atom is -0.486 e. The molecule has 1 aliphatic heterocycles. The predicted molar refractivity (Wildman–Crippen MR) is 81.8 cm³/mol. The third kappa shape index (κ3) is 3.03. The average molecular weight is 306 g/mol. The zero-order chi connectivity index (χ0) is 14.7. The SMILES string of the molecule is CCCc1c(Cl)ncnc1Nc1ccc2c(c1)OCCO2. The molecule has 0 amide bonds. The Morgan fingerprint density at radius 3 is 2.81 bits per heavy atom. The third-order valence-electron chi connectivity index (χ3n) is 3.20. The van der Waals surface area contributed by atoms with Gasteiger partial charge in [-0.3, -0.25) is 0 Å². The van der Waals surface area contributed by atoms with Gasteiger partial charge in [0.1, 0.15) is 30.5 Å². The molecule has 0 bridgehead atoms. The number of nitrogens with zero attached hydrogens (tertiary/aromatic N) is 2. The molecule has 5 nitrogen and oxygen atoms in total. The fourth-order valence-corrected chi connectivity index (χ4v) is 2.46. The molecule has 110 valence electrons. The Hall–Kier alpha value is -2.01. The van der Waals surface area contributed by atoms with E-state index in [9.17, 15) is 0 Å². The lowest BCUT2D eigenvalue weighted by Gasteiger charge is -2.19. The molecule has 0 saturated carbocycles. The minimum atomic E-state index is 0.492. The fraction of sp³-hybridized carbons (Fsp3) is 0.333. The highest BCUT2D eigenvalue weighted by Crippen LogP contribution is 2.34. The summed E-state index contributed by atoms with van der Waals surface area (Å²) in [5.74, 6) is 2.23. The maximum Gasteiger partial charge on any atom is 0.163 e. The average Bonchev–Trinajstić information content (AvgIpc) is 2.51. The molecule has 1 aromatic heterocycles. The first-order valence-electron chi connectivity index (χ1n) is 6.94. The van der Waals surface area contributed by atoms with Crippen molar-refractivity contribution in [2.75, 3.05) is 18.5 Å². The van der Waals surface area contributed by atoms with E-state index in [-0.39, 0.29) is 0 Å². The number of hydrogen-bond donors (Lipinski definition) is 1. The van der Waals surface area contributed by atoms with Crippen molar-refractivity contribution >= 4 is 23.1 Å². The second kappa shape index (κ2) is 6.18. The van der Waals surface area contributed by atoms with Gasteiger partial charge in [0.15, 0.2) is 11.5 Å². The van der Waals surface area contributed by atoms with E-state index in [1.165, 1.54) is 6.33 Å². The highest BCUT2D eigenvalue weighted by Gasteiger charge is 2.14. The number of nitrogens with one attached hydrogen (secondary N) is 1. The van der Waals surface area contributed by atoms with Crippen LogP contribution in [-0.2, 0) is 6.42 Å². The predicted octanol–water partition coefficient (Wildman–Crippen LogP) is 3.60. The number of ether oxygens (including phenoxy) is 2. The molecule has 1 aromatic carbocycles. The summed E-state index contributed by atoms with van der Waals surface area (Å²) in [6, 6.07) is 5.72. The molecule has 0 aliphatic carbocycles. The molecule has 3 rings (SSSR count). The molecule has 1 aliphatic rings. The van der Waals surface area contributed by atoms with Crippen LogP contribution in [0.25, 0.3) is 0 Å². The normalized spacial score (nSPS) is 13.0.